The lowest BCUT2D eigenvalue weighted by Crippen LogP contribution is -2.33. The fourth-order valence-corrected chi connectivity index (χ4v) is 4.91. The van der Waals surface area contributed by atoms with E-state index in [2.05, 4.69) is 23.6 Å². The molecule has 176 valence electrons. The predicted octanol–water partition coefficient (Wildman–Crippen LogP) is 5.20. The molecule has 5 rings (SSSR count). The summed E-state index contributed by atoms with van der Waals surface area (Å²) in [6.45, 7) is 3.33. The molecule has 0 radical (unpaired) electrons. The Hall–Kier alpha value is -3.38. The van der Waals surface area contributed by atoms with Crippen molar-refractivity contribution < 1.29 is 9.53 Å². The predicted molar refractivity (Wildman–Crippen MR) is 134 cm³/mol. The summed E-state index contributed by atoms with van der Waals surface area (Å²) in [5.41, 5.74) is 4.45. The number of benzene rings is 2. The summed E-state index contributed by atoms with van der Waals surface area (Å²) in [7, 11) is 0. The minimum absolute atomic E-state index is 0.136. The molecule has 0 bridgehead atoms. The van der Waals surface area contributed by atoms with E-state index in [-0.39, 0.29) is 12.1 Å². The Morgan fingerprint density at radius 1 is 1.12 bits per heavy atom. The number of dihydropyridines is 1. The minimum atomic E-state index is -0.313. The highest BCUT2D eigenvalue weighted by atomic mass is 16.5. The maximum absolute atomic E-state index is 13.5. The number of rotatable bonds is 7. The fraction of sp³-hybridized carbons (Fsp3) is 0.357. The van der Waals surface area contributed by atoms with Crippen LogP contribution in [0.25, 0.3) is 10.9 Å². The zero-order valence-electron chi connectivity index (χ0n) is 19.7. The normalized spacial score (nSPS) is 18.5. The Morgan fingerprint density at radius 3 is 2.76 bits per heavy atom. The number of ether oxygens (including phenoxy) is 1. The summed E-state index contributed by atoms with van der Waals surface area (Å²) < 4.78 is 7.92. The molecule has 6 heteroatoms. The molecule has 1 amide bonds. The smallest absolute Gasteiger partial charge is 0.274 e. The van der Waals surface area contributed by atoms with E-state index in [1.165, 1.54) is 32.1 Å². The van der Waals surface area contributed by atoms with Crippen molar-refractivity contribution in [2.75, 3.05) is 0 Å². The van der Waals surface area contributed by atoms with E-state index in [9.17, 15) is 4.79 Å². The number of amides is 1. The number of aromatic nitrogens is 2. The van der Waals surface area contributed by atoms with Crippen LogP contribution < -0.4 is 10.6 Å². The lowest BCUT2D eigenvalue weighted by atomic mass is 9.89. The summed E-state index contributed by atoms with van der Waals surface area (Å²) in [5, 5.41) is 12.1. The molecule has 34 heavy (non-hydrogen) atoms. The number of fused-ring (bicyclic) bond motifs is 1. The van der Waals surface area contributed by atoms with Crippen LogP contribution in [-0.2, 0) is 17.9 Å². The quantitative estimate of drug-likeness (QED) is 0.513. The van der Waals surface area contributed by atoms with Crippen LogP contribution in [0.2, 0.25) is 0 Å². The van der Waals surface area contributed by atoms with E-state index in [1.807, 2.05) is 65.5 Å². The second kappa shape index (κ2) is 10.3. The van der Waals surface area contributed by atoms with Gasteiger partial charge < -0.3 is 15.4 Å². The van der Waals surface area contributed by atoms with Crippen molar-refractivity contribution in [2.45, 2.75) is 58.4 Å². The topological polar surface area (TPSA) is 68.2 Å². The van der Waals surface area contributed by atoms with Gasteiger partial charge in [0, 0.05) is 23.8 Å². The number of carbonyl (C=O) groups is 1. The van der Waals surface area contributed by atoms with Gasteiger partial charge in [0.25, 0.3) is 5.91 Å². The number of nitrogens with one attached hydrogen (secondary N) is 2. The van der Waals surface area contributed by atoms with Crippen LogP contribution in [0.3, 0.4) is 0 Å². The summed E-state index contributed by atoms with van der Waals surface area (Å²) in [4.78, 5) is 13.5. The Kier molecular flexibility index (Phi) is 6.77. The number of carbonyl (C=O) groups excluding carboxylic acids is 1. The molecule has 1 saturated carbocycles. The molecule has 1 unspecified atom stereocenters. The first-order valence-corrected chi connectivity index (χ1v) is 12.2. The van der Waals surface area contributed by atoms with E-state index in [1.54, 1.807) is 0 Å². The third kappa shape index (κ3) is 5.07. The van der Waals surface area contributed by atoms with E-state index >= 15 is 0 Å². The molecule has 2 heterocycles. The maximum atomic E-state index is 13.5. The van der Waals surface area contributed by atoms with Crippen molar-refractivity contribution in [2.24, 2.45) is 5.92 Å². The molecular formula is C28H32N4O2. The number of allylic oxidation sites excluding steroid dienone is 1. The largest absolute Gasteiger partial charge is 0.363 e. The van der Waals surface area contributed by atoms with Crippen LogP contribution >= 0.6 is 0 Å². The van der Waals surface area contributed by atoms with Crippen LogP contribution in [0.5, 0.6) is 0 Å². The molecular weight excluding hydrogens is 424 g/mol. The van der Waals surface area contributed by atoms with E-state index in [0.717, 1.165) is 28.6 Å². The molecule has 2 aromatic carbocycles. The molecule has 0 spiro atoms. The average Bonchev–Trinajstić information content (AvgIpc) is 3.23. The molecule has 1 aliphatic carbocycles. The molecule has 1 aromatic heterocycles. The highest BCUT2D eigenvalue weighted by molar-refractivity contribution is 6.06. The molecule has 1 aliphatic heterocycles. The third-order valence-electron chi connectivity index (χ3n) is 6.73. The van der Waals surface area contributed by atoms with Gasteiger partial charge in [-0.15, -0.1) is 0 Å². The summed E-state index contributed by atoms with van der Waals surface area (Å²) in [5.74, 6) is 0.437. The first-order valence-electron chi connectivity index (χ1n) is 12.2. The van der Waals surface area contributed by atoms with E-state index in [0.29, 0.717) is 23.9 Å². The Morgan fingerprint density at radius 2 is 1.94 bits per heavy atom. The highest BCUT2D eigenvalue weighted by Gasteiger charge is 2.23. The van der Waals surface area contributed by atoms with Gasteiger partial charge in [0.2, 0.25) is 0 Å². The van der Waals surface area contributed by atoms with Crippen molar-refractivity contribution in [3.63, 3.8) is 0 Å². The Labute approximate surface area is 200 Å². The molecule has 1 atom stereocenters. The minimum Gasteiger partial charge on any atom is -0.363 e. The van der Waals surface area contributed by atoms with Crippen molar-refractivity contribution in [1.82, 2.24) is 20.4 Å². The summed E-state index contributed by atoms with van der Waals surface area (Å²) in [6.07, 6.45) is 11.5. The summed E-state index contributed by atoms with van der Waals surface area (Å²) >= 11 is 0. The first-order chi connectivity index (χ1) is 16.7. The first kappa shape index (κ1) is 22.4. The standard InChI is InChI=1S/C28H32N4O2/c1-20-9-8-14-24-26(20)31-32(18-21-10-4-2-5-11-21)27(24)28(33)30-23-15-16-29-25(17-23)34-19-22-12-6-3-7-13-22/h3,6-9,12-17,21,25,29H,2,4-5,10-11,18-19H2,1H3,(H,30,33). The SMILES string of the molecule is Cc1cccc2c(C(=O)NC3=CC(OCc4ccccc4)NC=C3)n(CC3CCCCC3)nc12. The van der Waals surface area contributed by atoms with Gasteiger partial charge in [-0.05, 0) is 49.0 Å². The highest BCUT2D eigenvalue weighted by Crippen LogP contribution is 2.28. The van der Waals surface area contributed by atoms with Crippen molar-refractivity contribution in [3.8, 4) is 0 Å². The molecule has 2 aliphatic rings. The van der Waals surface area contributed by atoms with Gasteiger partial charge in [-0.25, -0.2) is 0 Å². The van der Waals surface area contributed by atoms with Crippen molar-refractivity contribution >= 4 is 16.8 Å². The van der Waals surface area contributed by atoms with Crippen molar-refractivity contribution in [3.05, 3.63) is 89.4 Å². The fourth-order valence-electron chi connectivity index (χ4n) is 4.91. The number of hydrogen-bond acceptors (Lipinski definition) is 4. The van der Waals surface area contributed by atoms with Crippen LogP contribution in [-0.4, -0.2) is 21.9 Å². The van der Waals surface area contributed by atoms with E-state index in [4.69, 9.17) is 9.84 Å². The maximum Gasteiger partial charge on any atom is 0.274 e. The molecule has 2 N–H and O–H groups in total. The van der Waals surface area contributed by atoms with Crippen LogP contribution in [0.1, 0.15) is 53.7 Å². The Balaban J connectivity index is 1.35. The van der Waals surface area contributed by atoms with Crippen LogP contribution in [0.4, 0.5) is 0 Å². The van der Waals surface area contributed by atoms with Crippen molar-refractivity contribution in [1.29, 1.82) is 0 Å². The zero-order chi connectivity index (χ0) is 23.3. The molecule has 1 fully saturated rings. The van der Waals surface area contributed by atoms with Gasteiger partial charge in [0.05, 0.1) is 12.1 Å². The second-order valence-corrected chi connectivity index (χ2v) is 9.30. The third-order valence-corrected chi connectivity index (χ3v) is 6.73. The van der Waals surface area contributed by atoms with Gasteiger partial charge in [-0.2, -0.15) is 5.10 Å². The van der Waals surface area contributed by atoms with Gasteiger partial charge in [0.1, 0.15) is 11.9 Å². The number of hydrogen-bond donors (Lipinski definition) is 2. The van der Waals surface area contributed by atoms with Gasteiger partial charge in [0.15, 0.2) is 0 Å². The lowest BCUT2D eigenvalue weighted by Gasteiger charge is -2.22. The second-order valence-electron chi connectivity index (χ2n) is 9.30. The molecule has 3 aromatic rings. The molecule has 6 nitrogen and oxygen atoms in total. The summed E-state index contributed by atoms with van der Waals surface area (Å²) in [6, 6.07) is 16.1. The van der Waals surface area contributed by atoms with Crippen LogP contribution in [0.15, 0.2) is 72.6 Å². The van der Waals surface area contributed by atoms with Gasteiger partial charge in [-0.1, -0.05) is 67.8 Å². The number of nitrogens with zero attached hydrogens (tertiary/aromatic N) is 2. The van der Waals surface area contributed by atoms with E-state index < -0.39 is 0 Å². The van der Waals surface area contributed by atoms with Gasteiger partial charge >= 0.3 is 0 Å². The zero-order valence-corrected chi connectivity index (χ0v) is 19.7. The Bertz CT molecular complexity index is 1210. The van der Waals surface area contributed by atoms with Gasteiger partial charge in [-0.3, -0.25) is 9.48 Å². The molecule has 0 saturated heterocycles. The van der Waals surface area contributed by atoms with Crippen LogP contribution in [0, 0.1) is 12.8 Å². The monoisotopic (exact) mass is 456 g/mol. The lowest BCUT2D eigenvalue weighted by molar-refractivity contribution is 0.0572. The average molecular weight is 457 g/mol. The number of aryl methyl sites for hydroxylation is 1.